The van der Waals surface area contributed by atoms with Gasteiger partial charge in [-0.15, -0.1) is 0 Å². The molecule has 1 aliphatic rings. The lowest BCUT2D eigenvalue weighted by molar-refractivity contribution is 0.0600. The van der Waals surface area contributed by atoms with Crippen LogP contribution in [0.1, 0.15) is 58.2 Å². The number of aromatic nitrogens is 2. The number of hydrogen-bond donors (Lipinski definition) is 2. The fourth-order valence-electron chi connectivity index (χ4n) is 3.79. The van der Waals surface area contributed by atoms with E-state index in [4.69, 9.17) is 11.6 Å². The number of carbonyl (C=O) groups excluding carboxylic acids is 2. The number of nitrogens with zero attached hydrogens (tertiary/aromatic N) is 2. The first kappa shape index (κ1) is 25.1. The Morgan fingerprint density at radius 1 is 1.18 bits per heavy atom. The van der Waals surface area contributed by atoms with Crippen LogP contribution in [0.2, 0.25) is 5.02 Å². The fourth-order valence-corrected chi connectivity index (χ4v) is 4.02. The maximum Gasteiger partial charge on any atom is 0.339 e. The number of benzene rings is 1. The molecule has 0 fully saturated rings. The average molecular weight is 485 g/mol. The summed E-state index contributed by atoms with van der Waals surface area (Å²) in [6, 6.07) is 7.16. The molecule has 0 bridgehead atoms. The molecule has 1 unspecified atom stereocenters. The molecule has 7 nitrogen and oxygen atoms in total. The first-order valence-corrected chi connectivity index (χ1v) is 11.3. The van der Waals surface area contributed by atoms with Crippen LogP contribution in [0.15, 0.2) is 48.9 Å². The Labute approximate surface area is 202 Å². The third-order valence-corrected chi connectivity index (χ3v) is 5.73. The lowest BCUT2D eigenvalue weighted by atomic mass is 9.96. The molecule has 1 aromatic carbocycles. The summed E-state index contributed by atoms with van der Waals surface area (Å²) in [6.45, 7) is 4.04. The molecule has 0 saturated heterocycles. The zero-order chi connectivity index (χ0) is 24.7. The Bertz CT molecular complexity index is 1190. The zero-order valence-electron chi connectivity index (χ0n) is 19.2. The molecule has 3 aromatic rings. The van der Waals surface area contributed by atoms with Gasteiger partial charge in [-0.3, -0.25) is 9.97 Å². The summed E-state index contributed by atoms with van der Waals surface area (Å²) >= 11 is 6.19. The van der Waals surface area contributed by atoms with Gasteiger partial charge in [-0.25, -0.2) is 14.0 Å². The third kappa shape index (κ3) is 5.51. The van der Waals surface area contributed by atoms with Gasteiger partial charge in [0.2, 0.25) is 0 Å². The predicted octanol–water partition coefficient (Wildman–Crippen LogP) is 4.77. The molecular formula is C25H26ClFN4O3. The van der Waals surface area contributed by atoms with Gasteiger partial charge in [-0.05, 0) is 47.7 Å². The van der Waals surface area contributed by atoms with Crippen molar-refractivity contribution in [2.45, 2.75) is 39.3 Å². The summed E-state index contributed by atoms with van der Waals surface area (Å²) in [7, 11) is 1.27. The highest BCUT2D eigenvalue weighted by Crippen LogP contribution is 2.33. The third-order valence-electron chi connectivity index (χ3n) is 5.40. The second-order valence-electron chi connectivity index (χ2n) is 7.29. The number of rotatable bonds is 4. The first-order valence-electron chi connectivity index (χ1n) is 10.9. The van der Waals surface area contributed by atoms with Crippen molar-refractivity contribution < 1.29 is 18.7 Å². The van der Waals surface area contributed by atoms with Crippen LogP contribution in [-0.2, 0) is 24.1 Å². The number of aryl methyl sites for hydroxylation is 1. The SMILES string of the molecule is CC.COC(=O)c1cnc(CNC(=O)NC2c3cnccc3CCc3c(F)cccc32)c(Cl)c1. The van der Waals surface area contributed by atoms with E-state index in [0.29, 0.717) is 29.7 Å². The number of amides is 2. The summed E-state index contributed by atoms with van der Waals surface area (Å²) in [5, 5.41) is 5.87. The maximum absolute atomic E-state index is 14.5. The molecule has 4 rings (SSSR count). The monoisotopic (exact) mass is 484 g/mol. The van der Waals surface area contributed by atoms with E-state index in [0.717, 1.165) is 11.1 Å². The number of ether oxygens (including phenoxy) is 1. The molecule has 1 atom stereocenters. The van der Waals surface area contributed by atoms with Crippen molar-refractivity contribution in [3.63, 3.8) is 0 Å². The molecule has 178 valence electrons. The van der Waals surface area contributed by atoms with Crippen LogP contribution < -0.4 is 10.6 Å². The highest BCUT2D eigenvalue weighted by molar-refractivity contribution is 6.31. The van der Waals surface area contributed by atoms with Gasteiger partial charge < -0.3 is 15.4 Å². The van der Waals surface area contributed by atoms with Gasteiger partial charge in [0, 0.05) is 24.2 Å². The van der Waals surface area contributed by atoms with Gasteiger partial charge in [0.05, 0.1) is 36.0 Å². The number of pyridine rings is 2. The van der Waals surface area contributed by atoms with Gasteiger partial charge in [-0.1, -0.05) is 37.6 Å². The number of hydrogen-bond acceptors (Lipinski definition) is 5. The number of nitrogens with one attached hydrogen (secondary N) is 2. The summed E-state index contributed by atoms with van der Waals surface area (Å²) < 4.78 is 19.2. The zero-order valence-corrected chi connectivity index (χ0v) is 19.9. The molecule has 0 radical (unpaired) electrons. The van der Waals surface area contributed by atoms with E-state index in [2.05, 4.69) is 25.3 Å². The maximum atomic E-state index is 14.5. The van der Waals surface area contributed by atoms with Gasteiger partial charge in [0.15, 0.2) is 0 Å². The predicted molar refractivity (Wildman–Crippen MR) is 127 cm³/mol. The Morgan fingerprint density at radius 3 is 2.71 bits per heavy atom. The van der Waals surface area contributed by atoms with Crippen LogP contribution in [0.4, 0.5) is 9.18 Å². The second kappa shape index (κ2) is 11.6. The van der Waals surface area contributed by atoms with E-state index in [1.165, 1.54) is 25.4 Å². The first-order chi connectivity index (χ1) is 16.5. The molecule has 0 aliphatic heterocycles. The highest BCUT2D eigenvalue weighted by Gasteiger charge is 2.27. The minimum Gasteiger partial charge on any atom is -0.465 e. The van der Waals surface area contributed by atoms with Crippen LogP contribution in [0.3, 0.4) is 0 Å². The minimum absolute atomic E-state index is 0.0365. The number of esters is 1. The van der Waals surface area contributed by atoms with Gasteiger partial charge in [0.1, 0.15) is 5.82 Å². The van der Waals surface area contributed by atoms with Crippen molar-refractivity contribution in [1.82, 2.24) is 20.6 Å². The van der Waals surface area contributed by atoms with Crippen molar-refractivity contribution in [2.75, 3.05) is 7.11 Å². The molecule has 2 amide bonds. The number of carbonyl (C=O) groups is 2. The van der Waals surface area contributed by atoms with Crippen LogP contribution in [0.25, 0.3) is 0 Å². The van der Waals surface area contributed by atoms with Crippen molar-refractivity contribution in [3.05, 3.63) is 93.3 Å². The number of halogens is 2. The van der Waals surface area contributed by atoms with Crippen LogP contribution in [0.5, 0.6) is 0 Å². The second-order valence-corrected chi connectivity index (χ2v) is 7.69. The molecule has 9 heteroatoms. The Morgan fingerprint density at radius 2 is 1.97 bits per heavy atom. The summed E-state index contributed by atoms with van der Waals surface area (Å²) in [6.07, 6.45) is 5.90. The number of urea groups is 1. The summed E-state index contributed by atoms with van der Waals surface area (Å²) in [4.78, 5) is 32.7. The quantitative estimate of drug-likeness (QED) is 0.520. The van der Waals surface area contributed by atoms with E-state index in [-0.39, 0.29) is 22.9 Å². The van der Waals surface area contributed by atoms with Crippen molar-refractivity contribution in [1.29, 1.82) is 0 Å². The molecule has 34 heavy (non-hydrogen) atoms. The highest BCUT2D eigenvalue weighted by atomic mass is 35.5. The van der Waals surface area contributed by atoms with E-state index < -0.39 is 18.0 Å². The molecule has 2 heterocycles. The van der Waals surface area contributed by atoms with Gasteiger partial charge >= 0.3 is 12.0 Å². The fraction of sp³-hybridized carbons (Fsp3) is 0.280. The van der Waals surface area contributed by atoms with E-state index in [9.17, 15) is 14.0 Å². The normalized spacial score (nSPS) is 13.9. The Balaban J connectivity index is 0.00000158. The van der Waals surface area contributed by atoms with E-state index in [1.807, 2.05) is 26.0 Å². The lowest BCUT2D eigenvalue weighted by Crippen LogP contribution is -2.38. The van der Waals surface area contributed by atoms with Gasteiger partial charge in [-0.2, -0.15) is 0 Å². The largest absolute Gasteiger partial charge is 0.465 e. The minimum atomic E-state index is -0.558. The Hall–Kier alpha value is -3.52. The number of fused-ring (bicyclic) bond motifs is 2. The van der Waals surface area contributed by atoms with E-state index >= 15 is 0 Å². The van der Waals surface area contributed by atoms with Crippen LogP contribution in [0, 0.1) is 5.82 Å². The summed E-state index contributed by atoms with van der Waals surface area (Å²) in [5.74, 6) is -0.847. The Kier molecular flexibility index (Phi) is 8.54. The van der Waals surface area contributed by atoms with Crippen LogP contribution in [-0.4, -0.2) is 29.1 Å². The van der Waals surface area contributed by atoms with Crippen molar-refractivity contribution in [2.24, 2.45) is 0 Å². The molecular weight excluding hydrogens is 459 g/mol. The van der Waals surface area contributed by atoms with E-state index in [1.54, 1.807) is 18.5 Å². The standard InChI is InChI=1S/C23H20ClFN4O3.C2H6/c1-32-22(30)14-9-18(24)20(27-10-14)12-28-23(31)29-21-16-3-2-4-19(25)15(16)6-5-13-7-8-26-11-17(13)21;1-2/h2-4,7-11,21H,5-6,12H2,1H3,(H2,28,29,31);1-2H3. The lowest BCUT2D eigenvalue weighted by Gasteiger charge is -2.22. The number of methoxy groups -OCH3 is 1. The van der Waals surface area contributed by atoms with Gasteiger partial charge in [0.25, 0.3) is 0 Å². The molecule has 1 aliphatic carbocycles. The molecule has 0 spiro atoms. The topological polar surface area (TPSA) is 93.2 Å². The average Bonchev–Trinajstić information content (AvgIpc) is 3.02. The molecule has 2 aromatic heterocycles. The molecule has 2 N–H and O–H groups in total. The molecule has 0 saturated carbocycles. The van der Waals surface area contributed by atoms with Crippen molar-refractivity contribution >= 4 is 23.6 Å². The van der Waals surface area contributed by atoms with Crippen molar-refractivity contribution in [3.8, 4) is 0 Å². The smallest absolute Gasteiger partial charge is 0.339 e. The van der Waals surface area contributed by atoms with Crippen LogP contribution >= 0.6 is 11.6 Å². The summed E-state index contributed by atoms with van der Waals surface area (Å²) in [5.41, 5.74) is 3.72.